The molecule has 0 aliphatic carbocycles. The topological polar surface area (TPSA) is 180 Å². The van der Waals surface area contributed by atoms with E-state index >= 15 is 0 Å². The number of hydrogen-bond acceptors (Lipinski definition) is 10. The lowest BCUT2D eigenvalue weighted by Gasteiger charge is -2.15. The Morgan fingerprint density at radius 1 is 0.900 bits per heavy atom. The van der Waals surface area contributed by atoms with Gasteiger partial charge in [-0.2, -0.15) is 0 Å². The number of aliphatic imine (C=N–C) groups is 2. The zero-order chi connectivity index (χ0) is 28.6. The van der Waals surface area contributed by atoms with Crippen molar-refractivity contribution in [3.8, 4) is 11.8 Å². The largest absolute Gasteiger partial charge is 0.473 e. The fourth-order valence-corrected chi connectivity index (χ4v) is 4.24. The second-order valence-corrected chi connectivity index (χ2v) is 9.31. The lowest BCUT2D eigenvalue weighted by molar-refractivity contribution is 0.196. The number of nitrogens with zero attached hydrogens (tertiary/aromatic N) is 6. The molecule has 40 heavy (non-hydrogen) atoms. The normalized spacial score (nSPS) is 14.7. The molecule has 5 rings (SSSR count). The van der Waals surface area contributed by atoms with Crippen molar-refractivity contribution >= 4 is 39.8 Å². The predicted octanol–water partition coefficient (Wildman–Crippen LogP) is 2.37. The number of aromatic nitrogens is 4. The third kappa shape index (κ3) is 4.76. The van der Waals surface area contributed by atoms with Gasteiger partial charge in [-0.25, -0.2) is 19.0 Å². The average Bonchev–Trinajstić information content (AvgIpc) is 3.46. The second kappa shape index (κ2) is 10.8. The number of anilines is 1. The summed E-state index contributed by atoms with van der Waals surface area (Å²) in [5, 5.41) is 39.5. The Morgan fingerprint density at radius 2 is 1.48 bits per heavy atom. The van der Waals surface area contributed by atoms with Gasteiger partial charge in [0.15, 0.2) is 17.4 Å². The highest BCUT2D eigenvalue weighted by Gasteiger charge is 2.24. The molecule has 4 aromatic rings. The maximum atomic E-state index is 9.32. The number of ether oxygens (including phenoxy) is 2. The standard InChI is InChI=1S/C27H31N9O4/c1-14-5-7-20-22(26(39-11-9-37)33-35(20)16(14)3)30-24-18(28)13-19(29)25(32-24)31-23-21-8-6-15(2)17(4)36(21)34-27(23)40-12-10-38/h5-8,13,28,37-38H,9-12,29H2,1-4H3,(H,30,31,32). The van der Waals surface area contributed by atoms with Gasteiger partial charge in [0.2, 0.25) is 0 Å². The minimum atomic E-state index is -0.188. The van der Waals surface area contributed by atoms with Gasteiger partial charge >= 0.3 is 0 Å². The molecular formula is C27H31N9O4. The van der Waals surface area contributed by atoms with Gasteiger partial charge in [0.1, 0.15) is 18.9 Å². The fourth-order valence-electron chi connectivity index (χ4n) is 4.24. The van der Waals surface area contributed by atoms with E-state index in [1.165, 1.54) is 6.08 Å². The van der Waals surface area contributed by atoms with E-state index in [9.17, 15) is 10.2 Å². The maximum Gasteiger partial charge on any atom is 0.260 e. The molecule has 6 N–H and O–H groups in total. The summed E-state index contributed by atoms with van der Waals surface area (Å²) in [6.45, 7) is 7.56. The monoisotopic (exact) mass is 545 g/mol. The molecule has 0 radical (unpaired) electrons. The molecule has 5 heterocycles. The molecule has 1 aliphatic heterocycles. The van der Waals surface area contributed by atoms with Crippen molar-refractivity contribution in [1.29, 1.82) is 5.41 Å². The molecule has 0 fully saturated rings. The quantitative estimate of drug-likeness (QED) is 0.224. The Hall–Kier alpha value is -4.75. The summed E-state index contributed by atoms with van der Waals surface area (Å²) >= 11 is 0. The molecular weight excluding hydrogens is 514 g/mol. The molecule has 1 aliphatic rings. The first kappa shape index (κ1) is 26.8. The maximum absolute atomic E-state index is 9.32. The number of aliphatic hydroxyl groups is 2. The molecule has 0 saturated heterocycles. The van der Waals surface area contributed by atoms with Crippen molar-refractivity contribution in [2.75, 3.05) is 31.7 Å². The molecule has 13 nitrogen and oxygen atoms in total. The van der Waals surface area contributed by atoms with Crippen LogP contribution in [-0.4, -0.2) is 73.3 Å². The predicted molar refractivity (Wildman–Crippen MR) is 153 cm³/mol. The van der Waals surface area contributed by atoms with Crippen LogP contribution in [-0.2, 0) is 0 Å². The number of pyridine rings is 2. The number of nitrogens with one attached hydrogen (secondary N) is 2. The van der Waals surface area contributed by atoms with Gasteiger partial charge in [0, 0.05) is 11.4 Å². The first-order valence-electron chi connectivity index (χ1n) is 12.7. The Bertz CT molecular complexity index is 1730. The van der Waals surface area contributed by atoms with E-state index in [2.05, 4.69) is 20.5 Å². The zero-order valence-electron chi connectivity index (χ0n) is 22.7. The first-order valence-corrected chi connectivity index (χ1v) is 12.7. The van der Waals surface area contributed by atoms with Crippen LogP contribution < -0.4 is 20.5 Å². The minimum absolute atomic E-state index is 0.0377. The first-order chi connectivity index (χ1) is 19.2. The van der Waals surface area contributed by atoms with Gasteiger partial charge in [-0.15, -0.1) is 10.2 Å². The Kier molecular flexibility index (Phi) is 7.24. The van der Waals surface area contributed by atoms with E-state index in [0.29, 0.717) is 22.4 Å². The van der Waals surface area contributed by atoms with Crippen molar-refractivity contribution < 1.29 is 19.7 Å². The third-order valence-electron chi connectivity index (χ3n) is 6.66. The van der Waals surface area contributed by atoms with Gasteiger partial charge < -0.3 is 30.7 Å². The number of aliphatic hydroxyl groups excluding tert-OH is 2. The summed E-state index contributed by atoms with van der Waals surface area (Å²) in [6, 6.07) is 7.70. The Balaban J connectivity index is 1.61. The van der Waals surface area contributed by atoms with Crippen LogP contribution >= 0.6 is 0 Å². The summed E-state index contributed by atoms with van der Waals surface area (Å²) in [5.41, 5.74) is 12.7. The minimum Gasteiger partial charge on any atom is -0.473 e. The molecule has 0 amide bonds. The van der Waals surface area contributed by atoms with E-state index in [4.69, 9.17) is 25.6 Å². The molecule has 0 atom stereocenters. The molecule has 208 valence electrons. The summed E-state index contributed by atoms with van der Waals surface area (Å²) in [6.07, 6.45) is 1.46. The number of fused-ring (bicyclic) bond motifs is 2. The summed E-state index contributed by atoms with van der Waals surface area (Å²) in [4.78, 5) is 9.29. The Labute approximate surface area is 229 Å². The van der Waals surface area contributed by atoms with Crippen LogP contribution in [0.25, 0.3) is 11.0 Å². The van der Waals surface area contributed by atoms with Crippen molar-refractivity contribution in [1.82, 2.24) is 19.2 Å². The number of dihydropyridines is 1. The summed E-state index contributed by atoms with van der Waals surface area (Å²) in [7, 11) is 0. The van der Waals surface area contributed by atoms with Crippen molar-refractivity contribution in [2.45, 2.75) is 27.7 Å². The molecule has 0 saturated carbocycles. The van der Waals surface area contributed by atoms with Gasteiger partial charge in [-0.3, -0.25) is 5.41 Å². The highest BCUT2D eigenvalue weighted by Crippen LogP contribution is 2.35. The van der Waals surface area contributed by atoms with E-state index in [1.54, 1.807) is 9.03 Å². The lowest BCUT2D eigenvalue weighted by atomic mass is 10.2. The molecule has 4 aromatic heterocycles. The van der Waals surface area contributed by atoms with Crippen LogP contribution in [0.3, 0.4) is 0 Å². The second-order valence-electron chi connectivity index (χ2n) is 9.31. The van der Waals surface area contributed by atoms with Gasteiger partial charge in [0.05, 0.1) is 35.7 Å². The number of amidine groups is 2. The van der Waals surface area contributed by atoms with Crippen LogP contribution in [0.4, 0.5) is 11.4 Å². The summed E-state index contributed by atoms with van der Waals surface area (Å²) in [5.74, 6) is 0.812. The molecule has 13 heteroatoms. The zero-order valence-corrected chi connectivity index (χ0v) is 22.7. The van der Waals surface area contributed by atoms with Crippen LogP contribution in [0, 0.1) is 33.1 Å². The van der Waals surface area contributed by atoms with Crippen molar-refractivity contribution in [2.24, 2.45) is 15.7 Å². The number of aryl methyl sites for hydroxylation is 4. The number of hydrogen-bond donors (Lipinski definition) is 5. The smallest absolute Gasteiger partial charge is 0.260 e. The molecule has 0 bridgehead atoms. The number of rotatable bonds is 8. The molecule has 0 unspecified atom stereocenters. The van der Waals surface area contributed by atoms with Crippen LogP contribution in [0.1, 0.15) is 22.5 Å². The van der Waals surface area contributed by atoms with Gasteiger partial charge in [-0.05, 0) is 57.0 Å². The van der Waals surface area contributed by atoms with Gasteiger partial charge in [-0.1, -0.05) is 12.1 Å². The molecule has 0 aromatic carbocycles. The van der Waals surface area contributed by atoms with Crippen molar-refractivity contribution in [3.63, 3.8) is 0 Å². The Morgan fingerprint density at radius 3 is 2.12 bits per heavy atom. The summed E-state index contributed by atoms with van der Waals surface area (Å²) < 4.78 is 14.9. The highest BCUT2D eigenvalue weighted by molar-refractivity contribution is 6.52. The lowest BCUT2D eigenvalue weighted by Crippen LogP contribution is -2.29. The van der Waals surface area contributed by atoms with Crippen LogP contribution in [0.5, 0.6) is 11.8 Å². The third-order valence-corrected chi connectivity index (χ3v) is 6.66. The van der Waals surface area contributed by atoms with E-state index in [1.807, 2.05) is 52.0 Å². The number of nitrogens with two attached hydrogens (primary N) is 1. The van der Waals surface area contributed by atoms with Crippen LogP contribution in [0.2, 0.25) is 0 Å². The van der Waals surface area contributed by atoms with E-state index in [0.717, 1.165) is 22.5 Å². The van der Waals surface area contributed by atoms with Crippen LogP contribution in [0.15, 0.2) is 46.0 Å². The average molecular weight is 546 g/mol. The molecule has 0 spiro atoms. The van der Waals surface area contributed by atoms with E-state index < -0.39 is 0 Å². The fraction of sp³-hybridized carbons (Fsp3) is 0.296. The van der Waals surface area contributed by atoms with Crippen molar-refractivity contribution in [3.05, 3.63) is 58.6 Å². The van der Waals surface area contributed by atoms with E-state index in [-0.39, 0.29) is 61.3 Å². The van der Waals surface area contributed by atoms with Gasteiger partial charge in [0.25, 0.3) is 11.8 Å². The highest BCUT2D eigenvalue weighted by atomic mass is 16.5. The SMILES string of the molecule is Cc1ccc2c(N=C3N=C(Nc4c(OCCO)nn5c(C)c(C)ccc45)C(=N)C=C3N)c(OCCO)nn2c1C.